The van der Waals surface area contributed by atoms with Crippen molar-refractivity contribution in [1.82, 2.24) is 9.78 Å². The van der Waals surface area contributed by atoms with Crippen LogP contribution in [-0.4, -0.2) is 15.7 Å². The van der Waals surface area contributed by atoms with E-state index in [-0.39, 0.29) is 6.42 Å². The average Bonchev–Trinajstić information content (AvgIpc) is 2.74. The number of carbonyl (C=O) groups excluding carboxylic acids is 1. The summed E-state index contributed by atoms with van der Waals surface area (Å²) in [4.78, 5) is 11.2. The zero-order valence-electron chi connectivity index (χ0n) is 9.71. The van der Waals surface area contributed by atoms with Crippen molar-refractivity contribution >= 4 is 5.91 Å². The van der Waals surface area contributed by atoms with Gasteiger partial charge in [0.25, 0.3) is 5.91 Å². The molecule has 1 aromatic carbocycles. The molecular formula is C13H12N4O. The second-order valence-corrected chi connectivity index (χ2v) is 3.87. The maximum atomic E-state index is 11.2. The molecule has 1 heterocycles. The molecule has 0 aliphatic heterocycles. The molecule has 2 N–H and O–H groups in total. The van der Waals surface area contributed by atoms with Crippen LogP contribution in [0, 0.1) is 11.3 Å². The minimum atomic E-state index is -0.556. The molecule has 0 saturated heterocycles. The number of aromatic nitrogens is 2. The van der Waals surface area contributed by atoms with Crippen LogP contribution < -0.4 is 5.73 Å². The van der Waals surface area contributed by atoms with Gasteiger partial charge >= 0.3 is 0 Å². The van der Waals surface area contributed by atoms with Gasteiger partial charge in [-0.25, -0.2) is 0 Å². The summed E-state index contributed by atoms with van der Waals surface area (Å²) in [7, 11) is 0. The molecule has 1 aromatic heterocycles. The lowest BCUT2D eigenvalue weighted by Gasteiger charge is -2.00. The Bertz CT molecular complexity index is 595. The van der Waals surface area contributed by atoms with E-state index in [0.717, 1.165) is 5.56 Å². The summed E-state index contributed by atoms with van der Waals surface area (Å²) in [6.07, 6.45) is 1.67. The van der Waals surface area contributed by atoms with Crippen LogP contribution in [0.4, 0.5) is 0 Å². The van der Waals surface area contributed by atoms with Crippen molar-refractivity contribution < 1.29 is 4.79 Å². The van der Waals surface area contributed by atoms with E-state index >= 15 is 0 Å². The highest BCUT2D eigenvalue weighted by atomic mass is 16.1. The minimum absolute atomic E-state index is 0.0834. The first-order valence-corrected chi connectivity index (χ1v) is 5.47. The summed E-state index contributed by atoms with van der Waals surface area (Å²) in [5, 5.41) is 12.9. The van der Waals surface area contributed by atoms with E-state index in [1.54, 1.807) is 10.9 Å². The fourth-order valence-corrected chi connectivity index (χ4v) is 1.72. The number of rotatable bonds is 4. The van der Waals surface area contributed by atoms with E-state index in [0.29, 0.717) is 17.8 Å². The molecule has 0 atom stereocenters. The Hall–Kier alpha value is -2.61. The molecule has 2 rings (SSSR count). The monoisotopic (exact) mass is 240 g/mol. The molecule has 2 aromatic rings. The third-order valence-electron chi connectivity index (χ3n) is 2.54. The molecule has 0 aliphatic carbocycles. The van der Waals surface area contributed by atoms with Gasteiger partial charge in [-0.1, -0.05) is 30.3 Å². The molecule has 18 heavy (non-hydrogen) atoms. The van der Waals surface area contributed by atoms with Gasteiger partial charge < -0.3 is 5.73 Å². The number of primary amides is 1. The summed E-state index contributed by atoms with van der Waals surface area (Å²) >= 11 is 0. The topological polar surface area (TPSA) is 84.7 Å². The number of nitrogens with zero attached hydrogens (tertiary/aromatic N) is 3. The zero-order chi connectivity index (χ0) is 13.0. The number of benzene rings is 1. The summed E-state index contributed by atoms with van der Waals surface area (Å²) < 4.78 is 1.63. The van der Waals surface area contributed by atoms with E-state index in [1.165, 1.54) is 0 Å². The van der Waals surface area contributed by atoms with Crippen molar-refractivity contribution in [3.8, 4) is 6.07 Å². The van der Waals surface area contributed by atoms with E-state index in [4.69, 9.17) is 11.0 Å². The molecule has 1 amide bonds. The predicted octanol–water partition coefficient (Wildman–Crippen LogP) is 1.10. The molecule has 0 fully saturated rings. The second kappa shape index (κ2) is 5.15. The van der Waals surface area contributed by atoms with Crippen molar-refractivity contribution in [3.05, 3.63) is 53.3 Å². The van der Waals surface area contributed by atoms with Crippen LogP contribution in [0.5, 0.6) is 0 Å². The van der Waals surface area contributed by atoms with E-state index in [9.17, 15) is 4.79 Å². The van der Waals surface area contributed by atoms with Crippen molar-refractivity contribution in [2.75, 3.05) is 0 Å². The summed E-state index contributed by atoms with van der Waals surface area (Å²) in [5.41, 5.74) is 7.06. The number of nitriles is 1. The zero-order valence-corrected chi connectivity index (χ0v) is 9.71. The largest absolute Gasteiger partial charge is 0.365 e. The number of carbonyl (C=O) groups is 1. The SMILES string of the molecule is N#CCc1nn(Cc2ccccc2)cc1C(N)=O. The number of amides is 1. The fraction of sp³-hybridized carbons (Fsp3) is 0.154. The van der Waals surface area contributed by atoms with Gasteiger partial charge in [-0.2, -0.15) is 10.4 Å². The Morgan fingerprint density at radius 1 is 1.39 bits per heavy atom. The van der Waals surface area contributed by atoms with Crippen LogP contribution in [0.15, 0.2) is 36.5 Å². The normalized spacial score (nSPS) is 9.94. The Morgan fingerprint density at radius 2 is 2.11 bits per heavy atom. The minimum Gasteiger partial charge on any atom is -0.365 e. The molecule has 5 heteroatoms. The molecular weight excluding hydrogens is 228 g/mol. The maximum absolute atomic E-state index is 11.2. The highest BCUT2D eigenvalue weighted by molar-refractivity contribution is 5.93. The van der Waals surface area contributed by atoms with Gasteiger partial charge in [0.2, 0.25) is 0 Å². The Kier molecular flexibility index (Phi) is 3.39. The molecule has 0 bridgehead atoms. The lowest BCUT2D eigenvalue weighted by Crippen LogP contribution is -2.12. The summed E-state index contributed by atoms with van der Waals surface area (Å²) in [6, 6.07) is 11.7. The van der Waals surface area contributed by atoms with Gasteiger partial charge in [0.1, 0.15) is 0 Å². The number of hydrogen-bond donors (Lipinski definition) is 1. The van der Waals surface area contributed by atoms with E-state index < -0.39 is 5.91 Å². The molecule has 0 unspecified atom stereocenters. The first-order valence-electron chi connectivity index (χ1n) is 5.47. The van der Waals surface area contributed by atoms with Crippen LogP contribution >= 0.6 is 0 Å². The summed E-state index contributed by atoms with van der Waals surface area (Å²) in [6.45, 7) is 0.548. The van der Waals surface area contributed by atoms with Gasteiger partial charge in [0, 0.05) is 6.20 Å². The average molecular weight is 240 g/mol. The molecule has 0 radical (unpaired) electrons. The predicted molar refractivity (Wildman–Crippen MR) is 65.6 cm³/mol. The standard InChI is InChI=1S/C13H12N4O/c14-7-6-12-11(13(15)18)9-17(16-12)8-10-4-2-1-3-5-10/h1-5,9H,6,8H2,(H2,15,18). The fourth-order valence-electron chi connectivity index (χ4n) is 1.72. The van der Waals surface area contributed by atoms with Crippen molar-refractivity contribution in [1.29, 1.82) is 5.26 Å². The highest BCUT2D eigenvalue weighted by Gasteiger charge is 2.13. The van der Waals surface area contributed by atoms with Crippen molar-refractivity contribution in [2.45, 2.75) is 13.0 Å². The maximum Gasteiger partial charge on any atom is 0.252 e. The van der Waals surface area contributed by atoms with Crippen LogP contribution in [0.2, 0.25) is 0 Å². The van der Waals surface area contributed by atoms with Crippen molar-refractivity contribution in [2.24, 2.45) is 5.73 Å². The molecule has 5 nitrogen and oxygen atoms in total. The van der Waals surface area contributed by atoms with Gasteiger partial charge in [-0.05, 0) is 5.56 Å². The third kappa shape index (κ3) is 2.55. The lowest BCUT2D eigenvalue weighted by atomic mass is 10.2. The Labute approximate surface area is 104 Å². The second-order valence-electron chi connectivity index (χ2n) is 3.87. The van der Waals surface area contributed by atoms with Gasteiger partial charge in [0.05, 0.1) is 30.3 Å². The van der Waals surface area contributed by atoms with Gasteiger partial charge in [-0.3, -0.25) is 9.48 Å². The smallest absolute Gasteiger partial charge is 0.252 e. The van der Waals surface area contributed by atoms with Crippen LogP contribution in [0.3, 0.4) is 0 Å². The Morgan fingerprint density at radius 3 is 2.72 bits per heavy atom. The number of hydrogen-bond acceptors (Lipinski definition) is 3. The Balaban J connectivity index is 2.27. The highest BCUT2D eigenvalue weighted by Crippen LogP contribution is 2.09. The quantitative estimate of drug-likeness (QED) is 0.868. The first kappa shape index (κ1) is 11.9. The third-order valence-corrected chi connectivity index (χ3v) is 2.54. The molecule has 0 spiro atoms. The number of nitrogens with two attached hydrogens (primary N) is 1. The van der Waals surface area contributed by atoms with Gasteiger partial charge in [-0.15, -0.1) is 0 Å². The lowest BCUT2D eigenvalue weighted by molar-refractivity contribution is 0.0999. The molecule has 90 valence electrons. The van der Waals surface area contributed by atoms with E-state index in [1.807, 2.05) is 36.4 Å². The van der Waals surface area contributed by atoms with Gasteiger partial charge in [0.15, 0.2) is 0 Å². The van der Waals surface area contributed by atoms with Crippen molar-refractivity contribution in [3.63, 3.8) is 0 Å². The summed E-state index contributed by atoms with van der Waals surface area (Å²) in [5.74, 6) is -0.556. The molecule has 0 saturated carbocycles. The molecule has 0 aliphatic rings. The van der Waals surface area contributed by atoms with Crippen LogP contribution in [0.25, 0.3) is 0 Å². The van der Waals surface area contributed by atoms with Crippen LogP contribution in [0.1, 0.15) is 21.6 Å². The van der Waals surface area contributed by atoms with E-state index in [2.05, 4.69) is 5.10 Å². The van der Waals surface area contributed by atoms with Crippen LogP contribution in [-0.2, 0) is 13.0 Å². The first-order chi connectivity index (χ1) is 8.70.